The first-order chi connectivity index (χ1) is 10.5. The Bertz CT molecular complexity index is 689. The van der Waals surface area contributed by atoms with Gasteiger partial charge in [0.25, 0.3) is 5.69 Å². The van der Waals surface area contributed by atoms with Crippen LogP contribution in [-0.4, -0.2) is 10.0 Å². The Labute approximate surface area is 134 Å². The van der Waals surface area contributed by atoms with E-state index in [4.69, 9.17) is 12.2 Å². The number of nitro benzene ring substituents is 1. The highest BCUT2D eigenvalue weighted by molar-refractivity contribution is 7.80. The second-order valence-corrected chi connectivity index (χ2v) is 5.35. The molecule has 2 aromatic rings. The molecule has 2 rings (SSSR count). The van der Waals surface area contributed by atoms with Gasteiger partial charge in [0.1, 0.15) is 0 Å². The summed E-state index contributed by atoms with van der Waals surface area (Å²) >= 11 is 5.29. The number of anilines is 1. The molecule has 0 aliphatic carbocycles. The van der Waals surface area contributed by atoms with E-state index >= 15 is 0 Å². The zero-order valence-corrected chi connectivity index (χ0v) is 13.2. The van der Waals surface area contributed by atoms with Gasteiger partial charge < -0.3 is 10.6 Å². The zero-order chi connectivity index (χ0) is 16.1. The fourth-order valence-electron chi connectivity index (χ4n) is 2.14. The molecule has 6 heteroatoms. The van der Waals surface area contributed by atoms with Gasteiger partial charge in [-0.05, 0) is 37.7 Å². The van der Waals surface area contributed by atoms with E-state index in [0.717, 1.165) is 5.56 Å². The van der Waals surface area contributed by atoms with Gasteiger partial charge in [-0.3, -0.25) is 10.1 Å². The summed E-state index contributed by atoms with van der Waals surface area (Å²) < 4.78 is 0. The quantitative estimate of drug-likeness (QED) is 0.508. The molecule has 0 saturated carbocycles. The van der Waals surface area contributed by atoms with Crippen molar-refractivity contribution in [1.29, 1.82) is 0 Å². The Morgan fingerprint density at radius 1 is 1.18 bits per heavy atom. The van der Waals surface area contributed by atoms with E-state index in [2.05, 4.69) is 10.6 Å². The summed E-state index contributed by atoms with van der Waals surface area (Å²) in [7, 11) is 0. The normalized spacial score (nSPS) is 11.5. The maximum absolute atomic E-state index is 11.0. The van der Waals surface area contributed by atoms with Gasteiger partial charge in [0.05, 0.1) is 16.5 Å². The summed E-state index contributed by atoms with van der Waals surface area (Å²) in [6.45, 7) is 3.70. The van der Waals surface area contributed by atoms with E-state index in [1.807, 2.05) is 37.3 Å². The van der Waals surface area contributed by atoms with Crippen molar-refractivity contribution in [2.45, 2.75) is 19.9 Å². The number of thiocarbonyl (C=S) groups is 1. The number of hydrogen-bond donors (Lipinski definition) is 2. The lowest BCUT2D eigenvalue weighted by Crippen LogP contribution is -2.31. The van der Waals surface area contributed by atoms with Gasteiger partial charge in [-0.1, -0.05) is 36.4 Å². The summed E-state index contributed by atoms with van der Waals surface area (Å²) in [4.78, 5) is 10.6. The molecule has 2 aromatic carbocycles. The molecule has 1 atom stereocenters. The fraction of sp³-hybridized carbons (Fsp3) is 0.188. The largest absolute Gasteiger partial charge is 0.356 e. The predicted octanol–water partition coefficient (Wildman–Crippen LogP) is 3.95. The summed E-state index contributed by atoms with van der Waals surface area (Å²) in [6.07, 6.45) is 0. The van der Waals surface area contributed by atoms with Gasteiger partial charge >= 0.3 is 0 Å². The molecule has 0 radical (unpaired) electrons. The van der Waals surface area contributed by atoms with Crippen LogP contribution in [0.5, 0.6) is 0 Å². The van der Waals surface area contributed by atoms with Crippen molar-refractivity contribution in [1.82, 2.24) is 5.32 Å². The molecule has 0 aliphatic rings. The molecule has 0 fully saturated rings. The lowest BCUT2D eigenvalue weighted by atomic mass is 10.1. The van der Waals surface area contributed by atoms with Gasteiger partial charge in [0, 0.05) is 11.8 Å². The smallest absolute Gasteiger partial charge is 0.274 e. The van der Waals surface area contributed by atoms with E-state index in [-0.39, 0.29) is 11.7 Å². The summed E-state index contributed by atoms with van der Waals surface area (Å²) in [5, 5.41) is 17.6. The molecule has 2 N–H and O–H groups in total. The van der Waals surface area contributed by atoms with Crippen molar-refractivity contribution >= 4 is 28.7 Å². The maximum Gasteiger partial charge on any atom is 0.274 e. The highest BCUT2D eigenvalue weighted by atomic mass is 32.1. The lowest BCUT2D eigenvalue weighted by molar-refractivity contribution is -0.385. The Balaban J connectivity index is 2.07. The molecule has 22 heavy (non-hydrogen) atoms. The molecule has 0 spiro atoms. The molecule has 114 valence electrons. The fourth-order valence-corrected chi connectivity index (χ4v) is 2.42. The molecule has 0 saturated heterocycles. The molecule has 0 amide bonds. The third-order valence-corrected chi connectivity index (χ3v) is 3.62. The van der Waals surface area contributed by atoms with Crippen LogP contribution in [0.2, 0.25) is 0 Å². The summed E-state index contributed by atoms with van der Waals surface area (Å²) in [5.74, 6) is 0. The van der Waals surface area contributed by atoms with E-state index < -0.39 is 4.92 Å². The van der Waals surface area contributed by atoms with Crippen LogP contribution in [-0.2, 0) is 0 Å². The monoisotopic (exact) mass is 315 g/mol. The van der Waals surface area contributed by atoms with Crippen LogP contribution in [0.25, 0.3) is 0 Å². The molecule has 0 aliphatic heterocycles. The number of hydrogen-bond acceptors (Lipinski definition) is 3. The summed E-state index contributed by atoms with van der Waals surface area (Å²) in [5.41, 5.74) is 2.38. The first kappa shape index (κ1) is 15.9. The number of nitrogens with one attached hydrogen (secondary N) is 2. The van der Waals surface area contributed by atoms with Crippen LogP contribution in [0.1, 0.15) is 24.1 Å². The topological polar surface area (TPSA) is 67.2 Å². The molecule has 0 heterocycles. The van der Waals surface area contributed by atoms with Crippen LogP contribution in [0.15, 0.2) is 48.5 Å². The Morgan fingerprint density at radius 3 is 2.50 bits per heavy atom. The van der Waals surface area contributed by atoms with Crippen LogP contribution < -0.4 is 10.6 Å². The lowest BCUT2D eigenvalue weighted by Gasteiger charge is -2.18. The van der Waals surface area contributed by atoms with Crippen molar-refractivity contribution in [3.63, 3.8) is 0 Å². The number of benzene rings is 2. The zero-order valence-electron chi connectivity index (χ0n) is 12.4. The Hall–Kier alpha value is -2.47. The SMILES string of the molecule is Cc1c(NC(=S)NC(C)c2ccccc2)cccc1[N+](=O)[O-]. The molecule has 5 nitrogen and oxygen atoms in total. The van der Waals surface area contributed by atoms with E-state index in [1.54, 1.807) is 19.1 Å². The summed E-state index contributed by atoms with van der Waals surface area (Å²) in [6, 6.07) is 14.8. The van der Waals surface area contributed by atoms with Crippen LogP contribution in [0, 0.1) is 17.0 Å². The van der Waals surface area contributed by atoms with Gasteiger partial charge in [-0.2, -0.15) is 0 Å². The maximum atomic E-state index is 11.0. The second kappa shape index (κ2) is 7.00. The second-order valence-electron chi connectivity index (χ2n) is 4.94. The third kappa shape index (κ3) is 3.79. The average Bonchev–Trinajstić information content (AvgIpc) is 2.50. The third-order valence-electron chi connectivity index (χ3n) is 3.40. The Kier molecular flexibility index (Phi) is 5.06. The number of rotatable bonds is 4. The highest BCUT2D eigenvalue weighted by Gasteiger charge is 2.14. The van der Waals surface area contributed by atoms with Crippen LogP contribution >= 0.6 is 12.2 Å². The van der Waals surface area contributed by atoms with Crippen molar-refractivity contribution in [3.05, 3.63) is 69.8 Å². The molecular weight excluding hydrogens is 298 g/mol. The van der Waals surface area contributed by atoms with Crippen molar-refractivity contribution in [2.24, 2.45) is 0 Å². The minimum atomic E-state index is -0.399. The van der Waals surface area contributed by atoms with Crippen molar-refractivity contribution in [3.8, 4) is 0 Å². The number of nitrogens with zero attached hydrogens (tertiary/aromatic N) is 1. The Morgan fingerprint density at radius 2 is 1.86 bits per heavy atom. The number of nitro groups is 1. The first-order valence-corrected chi connectivity index (χ1v) is 7.26. The molecule has 1 unspecified atom stereocenters. The average molecular weight is 315 g/mol. The van der Waals surface area contributed by atoms with Crippen LogP contribution in [0.3, 0.4) is 0 Å². The van der Waals surface area contributed by atoms with Crippen molar-refractivity contribution in [2.75, 3.05) is 5.32 Å². The van der Waals surface area contributed by atoms with Gasteiger partial charge in [0.15, 0.2) is 5.11 Å². The first-order valence-electron chi connectivity index (χ1n) is 6.85. The van der Waals surface area contributed by atoms with E-state index in [0.29, 0.717) is 16.4 Å². The van der Waals surface area contributed by atoms with E-state index in [9.17, 15) is 10.1 Å². The van der Waals surface area contributed by atoms with Gasteiger partial charge in [-0.15, -0.1) is 0 Å². The van der Waals surface area contributed by atoms with Crippen LogP contribution in [0.4, 0.5) is 11.4 Å². The van der Waals surface area contributed by atoms with Gasteiger partial charge in [0.2, 0.25) is 0 Å². The highest BCUT2D eigenvalue weighted by Crippen LogP contribution is 2.25. The van der Waals surface area contributed by atoms with E-state index in [1.165, 1.54) is 6.07 Å². The standard InChI is InChI=1S/C16H17N3O2S/c1-11-14(9-6-10-15(11)19(20)21)18-16(22)17-12(2)13-7-4-3-5-8-13/h3-10,12H,1-2H3,(H2,17,18,22). The predicted molar refractivity (Wildman–Crippen MR) is 92.0 cm³/mol. The van der Waals surface area contributed by atoms with Crippen molar-refractivity contribution < 1.29 is 4.92 Å². The molecule has 0 bridgehead atoms. The minimum Gasteiger partial charge on any atom is -0.356 e. The minimum absolute atomic E-state index is 0.0419. The molecule has 0 aromatic heterocycles. The molecular formula is C16H17N3O2S. The van der Waals surface area contributed by atoms with Gasteiger partial charge in [-0.25, -0.2) is 0 Å².